The third-order valence-corrected chi connectivity index (χ3v) is 2.70. The second-order valence-corrected chi connectivity index (χ2v) is 4.20. The van der Waals surface area contributed by atoms with Gasteiger partial charge < -0.3 is 4.74 Å². The van der Waals surface area contributed by atoms with Gasteiger partial charge in [-0.3, -0.25) is 4.68 Å². The summed E-state index contributed by atoms with van der Waals surface area (Å²) >= 11 is 0. The van der Waals surface area contributed by atoms with Gasteiger partial charge in [0.2, 0.25) is 0 Å². The number of aromatic nitrogens is 3. The Morgan fingerprint density at radius 1 is 1.00 bits per heavy atom. The number of carbonyl (C=O) groups is 1. The van der Waals surface area contributed by atoms with Crippen LogP contribution < -0.4 is 10.2 Å². The largest absolute Gasteiger partial charge is 0.432 e. The molecule has 104 valence electrons. The average Bonchev–Trinajstić information content (AvgIpc) is 3.02. The lowest BCUT2D eigenvalue weighted by atomic mass is 10.2. The van der Waals surface area contributed by atoms with Crippen LogP contribution in [0.1, 0.15) is 0 Å². The van der Waals surface area contributed by atoms with Crippen molar-refractivity contribution in [2.75, 3.05) is 5.43 Å². The van der Waals surface area contributed by atoms with Crippen molar-refractivity contribution >= 4 is 6.09 Å². The number of amides is 1. The first-order chi connectivity index (χ1) is 10.3. The van der Waals surface area contributed by atoms with Crippen LogP contribution in [-0.2, 0) is 0 Å². The van der Waals surface area contributed by atoms with Gasteiger partial charge in [-0.2, -0.15) is 0 Å². The number of hydrogen-bond acceptors (Lipinski definition) is 4. The van der Waals surface area contributed by atoms with Gasteiger partial charge in [0.1, 0.15) is 0 Å². The molecule has 0 aliphatic rings. The molecule has 0 aliphatic heterocycles. The molecule has 0 unspecified atom stereocenters. The highest BCUT2D eigenvalue weighted by molar-refractivity contribution is 5.78. The highest BCUT2D eigenvalue weighted by atomic mass is 16.6. The lowest BCUT2D eigenvalue weighted by Crippen LogP contribution is -2.24. The van der Waals surface area contributed by atoms with E-state index in [0.29, 0.717) is 5.82 Å². The molecule has 0 atom stereocenters. The highest BCUT2D eigenvalue weighted by Gasteiger charge is 2.06. The smallest absolute Gasteiger partial charge is 0.406 e. The molecule has 21 heavy (non-hydrogen) atoms. The molecule has 0 aliphatic carbocycles. The Labute approximate surface area is 121 Å². The minimum absolute atomic E-state index is 0.277. The summed E-state index contributed by atoms with van der Waals surface area (Å²) in [6, 6.07) is 13.1. The van der Waals surface area contributed by atoms with E-state index < -0.39 is 6.09 Å². The van der Waals surface area contributed by atoms with Crippen LogP contribution in [0.15, 0.2) is 67.3 Å². The normalized spacial score (nSPS) is 10.1. The van der Waals surface area contributed by atoms with Crippen LogP contribution in [0.4, 0.5) is 4.79 Å². The van der Waals surface area contributed by atoms with Gasteiger partial charge >= 0.3 is 6.09 Å². The second-order valence-electron chi connectivity index (χ2n) is 4.20. The molecule has 3 rings (SSSR count). The zero-order valence-corrected chi connectivity index (χ0v) is 11.0. The first-order valence-corrected chi connectivity index (χ1v) is 6.30. The molecular formula is C15H12N4O2. The Balaban J connectivity index is 1.66. The van der Waals surface area contributed by atoms with Crippen LogP contribution in [0.2, 0.25) is 0 Å². The zero-order chi connectivity index (χ0) is 14.5. The van der Waals surface area contributed by atoms with E-state index in [1.807, 2.05) is 30.3 Å². The lowest BCUT2D eigenvalue weighted by molar-refractivity contribution is 0.211. The monoisotopic (exact) mass is 280 g/mol. The van der Waals surface area contributed by atoms with Crippen molar-refractivity contribution in [2.24, 2.45) is 0 Å². The van der Waals surface area contributed by atoms with E-state index in [0.717, 1.165) is 5.56 Å². The van der Waals surface area contributed by atoms with Crippen LogP contribution in [0.5, 0.6) is 5.75 Å². The minimum atomic E-state index is -0.609. The Bertz CT molecular complexity index is 709. The second kappa shape index (κ2) is 5.87. The SMILES string of the molecule is O=C(Nn1cccc1)Oc1cnc(-c2ccccc2)nc1. The summed E-state index contributed by atoms with van der Waals surface area (Å²) in [4.78, 5) is 20.0. The molecular weight excluding hydrogens is 268 g/mol. The first-order valence-electron chi connectivity index (χ1n) is 6.30. The molecule has 6 heteroatoms. The molecule has 1 N–H and O–H groups in total. The van der Waals surface area contributed by atoms with E-state index in [1.54, 1.807) is 24.5 Å². The Morgan fingerprint density at radius 2 is 1.67 bits per heavy atom. The van der Waals surface area contributed by atoms with E-state index in [4.69, 9.17) is 4.74 Å². The van der Waals surface area contributed by atoms with Crippen molar-refractivity contribution in [3.05, 3.63) is 67.3 Å². The summed E-state index contributed by atoms with van der Waals surface area (Å²) in [7, 11) is 0. The van der Waals surface area contributed by atoms with E-state index in [-0.39, 0.29) is 5.75 Å². The predicted molar refractivity (Wildman–Crippen MR) is 77.3 cm³/mol. The van der Waals surface area contributed by atoms with Gasteiger partial charge in [-0.05, 0) is 12.1 Å². The minimum Gasteiger partial charge on any atom is -0.406 e. The van der Waals surface area contributed by atoms with E-state index >= 15 is 0 Å². The molecule has 0 saturated heterocycles. The number of hydrogen-bond donors (Lipinski definition) is 1. The van der Waals surface area contributed by atoms with Crippen LogP contribution in [0.3, 0.4) is 0 Å². The third kappa shape index (κ3) is 3.24. The van der Waals surface area contributed by atoms with Gasteiger partial charge in [-0.1, -0.05) is 30.3 Å². The van der Waals surface area contributed by atoms with Gasteiger partial charge in [-0.15, -0.1) is 0 Å². The fraction of sp³-hybridized carbons (Fsp3) is 0. The van der Waals surface area contributed by atoms with Crippen LogP contribution in [0, 0.1) is 0 Å². The van der Waals surface area contributed by atoms with E-state index in [9.17, 15) is 4.79 Å². The number of carbonyl (C=O) groups excluding carboxylic acids is 1. The first kappa shape index (κ1) is 12.9. The van der Waals surface area contributed by atoms with Gasteiger partial charge in [0.25, 0.3) is 0 Å². The van der Waals surface area contributed by atoms with Crippen molar-refractivity contribution in [1.82, 2.24) is 14.6 Å². The zero-order valence-electron chi connectivity index (χ0n) is 11.0. The van der Waals surface area contributed by atoms with Crippen LogP contribution >= 0.6 is 0 Å². The maximum Gasteiger partial charge on any atom is 0.432 e. The number of benzene rings is 1. The molecule has 1 aromatic carbocycles. The average molecular weight is 280 g/mol. The summed E-state index contributed by atoms with van der Waals surface area (Å²) in [5.74, 6) is 0.855. The third-order valence-electron chi connectivity index (χ3n) is 2.70. The quantitative estimate of drug-likeness (QED) is 0.800. The lowest BCUT2D eigenvalue weighted by Gasteiger charge is -2.07. The Morgan fingerprint density at radius 3 is 2.33 bits per heavy atom. The van der Waals surface area contributed by atoms with Crippen molar-refractivity contribution < 1.29 is 9.53 Å². The maximum absolute atomic E-state index is 11.6. The van der Waals surface area contributed by atoms with E-state index in [1.165, 1.54) is 17.1 Å². The number of nitrogens with one attached hydrogen (secondary N) is 1. The maximum atomic E-state index is 11.6. The van der Waals surface area contributed by atoms with Crippen LogP contribution in [-0.4, -0.2) is 20.7 Å². The molecule has 3 aromatic rings. The van der Waals surface area contributed by atoms with Crippen LogP contribution in [0.25, 0.3) is 11.4 Å². The fourth-order valence-corrected chi connectivity index (χ4v) is 1.75. The summed E-state index contributed by atoms with van der Waals surface area (Å²) in [6.45, 7) is 0. The number of nitrogens with zero attached hydrogens (tertiary/aromatic N) is 3. The number of rotatable bonds is 3. The molecule has 0 bridgehead atoms. The Hall–Kier alpha value is -3.15. The van der Waals surface area contributed by atoms with Crippen molar-refractivity contribution in [2.45, 2.75) is 0 Å². The topological polar surface area (TPSA) is 69.0 Å². The van der Waals surface area contributed by atoms with Gasteiger partial charge in [0.05, 0.1) is 12.4 Å². The van der Waals surface area contributed by atoms with E-state index in [2.05, 4.69) is 15.4 Å². The molecule has 0 radical (unpaired) electrons. The summed E-state index contributed by atoms with van der Waals surface area (Å²) in [5, 5.41) is 0. The molecule has 0 spiro atoms. The fourth-order valence-electron chi connectivity index (χ4n) is 1.75. The highest BCUT2D eigenvalue weighted by Crippen LogP contribution is 2.15. The summed E-state index contributed by atoms with van der Waals surface area (Å²) < 4.78 is 6.57. The van der Waals surface area contributed by atoms with Crippen molar-refractivity contribution in [3.8, 4) is 17.1 Å². The molecule has 2 heterocycles. The molecule has 0 fully saturated rings. The summed E-state index contributed by atoms with van der Waals surface area (Å²) in [5.41, 5.74) is 3.42. The van der Waals surface area contributed by atoms with Gasteiger partial charge in [0.15, 0.2) is 11.6 Å². The molecule has 0 saturated carbocycles. The van der Waals surface area contributed by atoms with Crippen molar-refractivity contribution in [1.29, 1.82) is 0 Å². The predicted octanol–water partition coefficient (Wildman–Crippen LogP) is 2.69. The van der Waals surface area contributed by atoms with Gasteiger partial charge in [0, 0.05) is 18.0 Å². The summed E-state index contributed by atoms with van der Waals surface area (Å²) in [6.07, 6.45) is 5.70. The van der Waals surface area contributed by atoms with Gasteiger partial charge in [-0.25, -0.2) is 20.2 Å². The molecule has 2 aromatic heterocycles. The standard InChI is InChI=1S/C15H12N4O2/c20-15(18-19-8-4-5-9-19)21-13-10-16-14(17-11-13)12-6-2-1-3-7-12/h1-11H,(H,18,20). The number of ether oxygens (including phenoxy) is 1. The van der Waals surface area contributed by atoms with Crippen molar-refractivity contribution in [3.63, 3.8) is 0 Å². The molecule has 6 nitrogen and oxygen atoms in total. The molecule has 1 amide bonds. The Kier molecular flexibility index (Phi) is 3.60.